The molecule has 1 saturated carbocycles. The lowest BCUT2D eigenvalue weighted by molar-refractivity contribution is 0.212. The number of pyridine rings is 1. The van der Waals surface area contributed by atoms with E-state index < -0.39 is 0 Å². The first-order chi connectivity index (χ1) is 8.74. The lowest BCUT2D eigenvalue weighted by atomic mass is 9.76. The van der Waals surface area contributed by atoms with Crippen molar-refractivity contribution < 1.29 is 0 Å². The summed E-state index contributed by atoms with van der Waals surface area (Å²) in [5.74, 6) is 1.61. The van der Waals surface area contributed by atoms with Crippen LogP contribution in [0, 0.1) is 11.8 Å². The summed E-state index contributed by atoms with van der Waals surface area (Å²) >= 11 is 5.91. The van der Waals surface area contributed by atoms with Gasteiger partial charge in [0.05, 0.1) is 16.8 Å². The summed E-state index contributed by atoms with van der Waals surface area (Å²) in [7, 11) is 2.04. The fourth-order valence-electron chi connectivity index (χ4n) is 3.20. The molecular formula is C15H23ClN2. The van der Waals surface area contributed by atoms with Crippen molar-refractivity contribution in [3.05, 3.63) is 29.0 Å². The van der Waals surface area contributed by atoms with Gasteiger partial charge in [0.1, 0.15) is 0 Å². The van der Waals surface area contributed by atoms with Crippen molar-refractivity contribution in [1.29, 1.82) is 0 Å². The lowest BCUT2D eigenvalue weighted by Gasteiger charge is -2.34. The molecular weight excluding hydrogens is 244 g/mol. The van der Waals surface area contributed by atoms with Gasteiger partial charge >= 0.3 is 0 Å². The van der Waals surface area contributed by atoms with Gasteiger partial charge in [0.15, 0.2) is 0 Å². The van der Waals surface area contributed by atoms with Gasteiger partial charge in [-0.25, -0.2) is 0 Å². The van der Waals surface area contributed by atoms with E-state index in [1.165, 1.54) is 32.1 Å². The molecule has 1 aromatic heterocycles. The van der Waals surface area contributed by atoms with E-state index >= 15 is 0 Å². The van der Waals surface area contributed by atoms with E-state index in [4.69, 9.17) is 11.6 Å². The number of hydrogen-bond donors (Lipinski definition) is 1. The minimum absolute atomic E-state index is 0.372. The largest absolute Gasteiger partial charge is 0.311 e. The summed E-state index contributed by atoms with van der Waals surface area (Å²) in [5, 5.41) is 4.16. The maximum absolute atomic E-state index is 5.91. The van der Waals surface area contributed by atoms with Gasteiger partial charge < -0.3 is 5.32 Å². The van der Waals surface area contributed by atoms with Crippen LogP contribution in [0.15, 0.2) is 18.3 Å². The van der Waals surface area contributed by atoms with Gasteiger partial charge in [0, 0.05) is 6.20 Å². The Bertz CT molecular complexity index is 363. The molecule has 1 N–H and O–H groups in total. The van der Waals surface area contributed by atoms with Crippen molar-refractivity contribution >= 4 is 11.6 Å². The Kier molecular flexibility index (Phi) is 5.02. The fraction of sp³-hybridized carbons (Fsp3) is 0.667. The molecule has 100 valence electrons. The van der Waals surface area contributed by atoms with Gasteiger partial charge in [-0.1, -0.05) is 37.8 Å². The Morgan fingerprint density at radius 3 is 2.89 bits per heavy atom. The van der Waals surface area contributed by atoms with Gasteiger partial charge in [-0.3, -0.25) is 4.98 Å². The van der Waals surface area contributed by atoms with E-state index in [9.17, 15) is 0 Å². The number of nitrogens with zero attached hydrogens (tertiary/aromatic N) is 1. The van der Waals surface area contributed by atoms with E-state index in [0.29, 0.717) is 17.0 Å². The predicted octanol–water partition coefficient (Wildman–Crippen LogP) is 4.21. The average molecular weight is 267 g/mol. The third-order valence-corrected chi connectivity index (χ3v) is 4.48. The highest BCUT2D eigenvalue weighted by atomic mass is 35.5. The van der Waals surface area contributed by atoms with E-state index in [-0.39, 0.29) is 0 Å². The maximum atomic E-state index is 5.91. The molecule has 0 aromatic carbocycles. The summed E-state index contributed by atoms with van der Waals surface area (Å²) in [5.41, 5.74) is 1.13. The molecule has 0 amide bonds. The first-order valence-corrected chi connectivity index (χ1v) is 7.41. The van der Waals surface area contributed by atoms with E-state index in [0.717, 1.165) is 11.6 Å². The zero-order chi connectivity index (χ0) is 13.0. The second-order valence-corrected chi connectivity index (χ2v) is 5.81. The van der Waals surface area contributed by atoms with Crippen molar-refractivity contribution in [2.24, 2.45) is 11.8 Å². The summed E-state index contributed by atoms with van der Waals surface area (Å²) in [6.45, 7) is 2.31. The van der Waals surface area contributed by atoms with Crippen LogP contribution >= 0.6 is 11.6 Å². The Labute approximate surface area is 115 Å². The van der Waals surface area contributed by atoms with Crippen molar-refractivity contribution in [1.82, 2.24) is 10.3 Å². The maximum Gasteiger partial charge on any atom is 0.0589 e. The van der Waals surface area contributed by atoms with Crippen molar-refractivity contribution in [2.45, 2.75) is 45.1 Å². The van der Waals surface area contributed by atoms with Crippen molar-refractivity contribution in [3.8, 4) is 0 Å². The molecule has 3 heteroatoms. The molecule has 0 saturated heterocycles. The third-order valence-electron chi connectivity index (χ3n) is 4.25. The monoisotopic (exact) mass is 266 g/mol. The van der Waals surface area contributed by atoms with Crippen LogP contribution in [-0.4, -0.2) is 12.0 Å². The minimum atomic E-state index is 0.372. The second kappa shape index (κ2) is 6.53. The second-order valence-electron chi connectivity index (χ2n) is 5.37. The summed E-state index contributed by atoms with van der Waals surface area (Å²) in [6.07, 6.45) is 8.45. The van der Waals surface area contributed by atoms with Gasteiger partial charge in [-0.05, 0) is 43.9 Å². The highest BCUT2D eigenvalue weighted by Crippen LogP contribution is 2.37. The molecule has 2 rings (SSSR count). The zero-order valence-corrected chi connectivity index (χ0v) is 12.1. The first-order valence-electron chi connectivity index (χ1n) is 7.03. The molecule has 18 heavy (non-hydrogen) atoms. The molecule has 3 atom stereocenters. The molecule has 3 unspecified atom stereocenters. The quantitative estimate of drug-likeness (QED) is 0.883. The number of nitrogens with one attached hydrogen (secondary N) is 1. The van der Waals surface area contributed by atoms with Crippen LogP contribution in [0.4, 0.5) is 0 Å². The number of hydrogen-bond acceptors (Lipinski definition) is 2. The van der Waals surface area contributed by atoms with Gasteiger partial charge in [0.25, 0.3) is 0 Å². The number of aromatic nitrogens is 1. The van der Waals surface area contributed by atoms with Crippen molar-refractivity contribution in [2.75, 3.05) is 7.05 Å². The highest BCUT2D eigenvalue weighted by molar-refractivity contribution is 6.30. The molecule has 0 aliphatic heterocycles. The van der Waals surface area contributed by atoms with E-state index in [1.807, 2.05) is 13.1 Å². The van der Waals surface area contributed by atoms with Crippen LogP contribution in [0.25, 0.3) is 0 Å². The van der Waals surface area contributed by atoms with Gasteiger partial charge in [-0.15, -0.1) is 0 Å². The SMILES string of the molecule is CCC1CCCC(C(NC)c2ccc(Cl)cn2)C1. The summed E-state index contributed by atoms with van der Waals surface area (Å²) in [6, 6.07) is 4.37. The lowest BCUT2D eigenvalue weighted by Crippen LogP contribution is -2.30. The van der Waals surface area contributed by atoms with E-state index in [2.05, 4.69) is 23.3 Å². The Balaban J connectivity index is 2.10. The average Bonchev–Trinajstić information content (AvgIpc) is 2.42. The third kappa shape index (κ3) is 3.24. The van der Waals surface area contributed by atoms with Crippen LogP contribution in [0.2, 0.25) is 5.02 Å². The van der Waals surface area contributed by atoms with Crippen LogP contribution in [0.3, 0.4) is 0 Å². The molecule has 2 nitrogen and oxygen atoms in total. The minimum Gasteiger partial charge on any atom is -0.311 e. The predicted molar refractivity (Wildman–Crippen MR) is 76.8 cm³/mol. The highest BCUT2D eigenvalue weighted by Gasteiger charge is 2.28. The zero-order valence-electron chi connectivity index (χ0n) is 11.3. The number of halogens is 1. The van der Waals surface area contributed by atoms with Crippen LogP contribution in [0.5, 0.6) is 0 Å². The Hall–Kier alpha value is -0.600. The molecule has 0 bridgehead atoms. The molecule has 0 radical (unpaired) electrons. The molecule has 1 aliphatic carbocycles. The van der Waals surface area contributed by atoms with E-state index in [1.54, 1.807) is 6.20 Å². The number of rotatable bonds is 4. The normalized spacial score (nSPS) is 25.9. The Morgan fingerprint density at radius 1 is 1.44 bits per heavy atom. The fourth-order valence-corrected chi connectivity index (χ4v) is 3.31. The molecule has 1 aromatic rings. The molecule has 1 fully saturated rings. The van der Waals surface area contributed by atoms with Crippen LogP contribution in [-0.2, 0) is 0 Å². The smallest absolute Gasteiger partial charge is 0.0589 e. The summed E-state index contributed by atoms with van der Waals surface area (Å²) in [4.78, 5) is 4.48. The standard InChI is InChI=1S/C15H23ClN2/c1-3-11-5-4-6-12(9-11)15(17-2)14-8-7-13(16)10-18-14/h7-8,10-12,15,17H,3-6,9H2,1-2H3. The molecule has 0 spiro atoms. The first kappa shape index (κ1) is 13.8. The van der Waals surface area contributed by atoms with Gasteiger partial charge in [-0.2, -0.15) is 0 Å². The molecule has 1 heterocycles. The van der Waals surface area contributed by atoms with Crippen LogP contribution < -0.4 is 5.32 Å². The molecule has 1 aliphatic rings. The van der Waals surface area contributed by atoms with Crippen molar-refractivity contribution in [3.63, 3.8) is 0 Å². The Morgan fingerprint density at radius 2 is 2.28 bits per heavy atom. The van der Waals surface area contributed by atoms with Crippen LogP contribution in [0.1, 0.15) is 50.8 Å². The topological polar surface area (TPSA) is 24.9 Å². The summed E-state index contributed by atoms with van der Waals surface area (Å²) < 4.78 is 0. The van der Waals surface area contributed by atoms with Gasteiger partial charge in [0.2, 0.25) is 0 Å².